The minimum Gasteiger partial charge on any atom is -0.490 e. The van der Waals surface area contributed by atoms with Gasteiger partial charge in [0.05, 0.1) is 6.10 Å². The molecule has 156 valence electrons. The van der Waals surface area contributed by atoms with Crippen LogP contribution in [0.5, 0.6) is 5.75 Å². The van der Waals surface area contributed by atoms with Crippen molar-refractivity contribution < 1.29 is 9.53 Å². The van der Waals surface area contributed by atoms with E-state index in [1.54, 1.807) is 4.90 Å². The SMILES string of the molecule is CN(Cc1ccc(N(C)C)cc1)C(=O)NCc1ccc(OC2CCCCC2)cc1. The predicted octanol–water partition coefficient (Wildman–Crippen LogP) is 4.81. The monoisotopic (exact) mass is 395 g/mol. The van der Waals surface area contributed by atoms with E-state index in [1.165, 1.54) is 19.3 Å². The molecule has 0 heterocycles. The Morgan fingerprint density at radius 1 is 0.931 bits per heavy atom. The summed E-state index contributed by atoms with van der Waals surface area (Å²) in [6.07, 6.45) is 6.53. The molecule has 5 heteroatoms. The van der Waals surface area contributed by atoms with E-state index in [9.17, 15) is 4.79 Å². The molecule has 1 fully saturated rings. The Balaban J connectivity index is 1.44. The molecule has 0 spiro atoms. The molecule has 3 rings (SSSR count). The third-order valence-electron chi connectivity index (χ3n) is 5.44. The highest BCUT2D eigenvalue weighted by atomic mass is 16.5. The standard InChI is InChI=1S/C24H33N3O2/c1-26(2)21-13-9-20(10-14-21)18-27(3)24(28)25-17-19-11-15-23(16-12-19)29-22-7-5-4-6-8-22/h9-16,22H,4-8,17-18H2,1-3H3,(H,25,28). The average molecular weight is 396 g/mol. The van der Waals surface area contributed by atoms with Crippen molar-refractivity contribution >= 4 is 11.7 Å². The van der Waals surface area contributed by atoms with E-state index in [0.717, 1.165) is 35.4 Å². The molecule has 5 nitrogen and oxygen atoms in total. The Kier molecular flexibility index (Phi) is 7.39. The van der Waals surface area contributed by atoms with Gasteiger partial charge in [0.2, 0.25) is 0 Å². The molecule has 1 saturated carbocycles. The second-order valence-electron chi connectivity index (χ2n) is 8.10. The van der Waals surface area contributed by atoms with Crippen LogP contribution >= 0.6 is 0 Å². The number of carbonyl (C=O) groups excluding carboxylic acids is 1. The number of benzene rings is 2. The number of rotatable bonds is 7. The van der Waals surface area contributed by atoms with Crippen molar-refractivity contribution in [3.05, 3.63) is 59.7 Å². The zero-order valence-electron chi connectivity index (χ0n) is 17.9. The van der Waals surface area contributed by atoms with Gasteiger partial charge in [-0.15, -0.1) is 0 Å². The number of carbonyl (C=O) groups is 1. The van der Waals surface area contributed by atoms with Crippen LogP contribution in [0.25, 0.3) is 0 Å². The summed E-state index contributed by atoms with van der Waals surface area (Å²) >= 11 is 0. The van der Waals surface area contributed by atoms with Crippen LogP contribution in [-0.4, -0.2) is 38.2 Å². The Morgan fingerprint density at radius 3 is 2.17 bits per heavy atom. The molecular weight excluding hydrogens is 362 g/mol. The Hall–Kier alpha value is -2.69. The predicted molar refractivity (Wildman–Crippen MR) is 118 cm³/mol. The molecule has 1 N–H and O–H groups in total. The van der Waals surface area contributed by atoms with Crippen molar-refractivity contribution in [2.75, 3.05) is 26.0 Å². The highest BCUT2D eigenvalue weighted by molar-refractivity contribution is 5.73. The quantitative estimate of drug-likeness (QED) is 0.732. The second-order valence-corrected chi connectivity index (χ2v) is 8.10. The summed E-state index contributed by atoms with van der Waals surface area (Å²) in [5, 5.41) is 2.99. The zero-order chi connectivity index (χ0) is 20.6. The van der Waals surface area contributed by atoms with Crippen LogP contribution in [0.2, 0.25) is 0 Å². The Labute approximate surface area is 174 Å². The molecule has 2 aromatic carbocycles. The van der Waals surface area contributed by atoms with Gasteiger partial charge in [-0.1, -0.05) is 30.7 Å². The van der Waals surface area contributed by atoms with Gasteiger partial charge in [-0.3, -0.25) is 0 Å². The highest BCUT2D eigenvalue weighted by Crippen LogP contribution is 2.23. The molecule has 0 radical (unpaired) electrons. The van der Waals surface area contributed by atoms with Crippen LogP contribution < -0.4 is 15.0 Å². The maximum Gasteiger partial charge on any atom is 0.317 e. The van der Waals surface area contributed by atoms with Crippen LogP contribution in [0.4, 0.5) is 10.5 Å². The van der Waals surface area contributed by atoms with Crippen molar-refractivity contribution in [3.63, 3.8) is 0 Å². The fraction of sp³-hybridized carbons (Fsp3) is 0.458. The summed E-state index contributed by atoms with van der Waals surface area (Å²) < 4.78 is 6.07. The molecule has 0 bridgehead atoms. The summed E-state index contributed by atoms with van der Waals surface area (Å²) in [6, 6.07) is 16.2. The van der Waals surface area contributed by atoms with Gasteiger partial charge in [-0.05, 0) is 61.1 Å². The molecular formula is C24H33N3O2. The maximum absolute atomic E-state index is 12.4. The van der Waals surface area contributed by atoms with Gasteiger partial charge in [0.15, 0.2) is 0 Å². The fourth-order valence-electron chi connectivity index (χ4n) is 3.62. The summed E-state index contributed by atoms with van der Waals surface area (Å²) in [4.78, 5) is 16.2. The highest BCUT2D eigenvalue weighted by Gasteiger charge is 2.14. The van der Waals surface area contributed by atoms with Crippen LogP contribution in [0.15, 0.2) is 48.5 Å². The zero-order valence-corrected chi connectivity index (χ0v) is 17.9. The number of ether oxygens (including phenoxy) is 1. The van der Waals surface area contributed by atoms with Crippen LogP contribution in [0.1, 0.15) is 43.2 Å². The second kappa shape index (κ2) is 10.2. The van der Waals surface area contributed by atoms with Gasteiger partial charge in [0.1, 0.15) is 5.75 Å². The van der Waals surface area contributed by atoms with Crippen molar-refractivity contribution in [2.45, 2.75) is 51.3 Å². The van der Waals surface area contributed by atoms with Crippen LogP contribution in [0, 0.1) is 0 Å². The number of nitrogens with one attached hydrogen (secondary N) is 1. The summed E-state index contributed by atoms with van der Waals surface area (Å²) in [7, 11) is 5.85. The summed E-state index contributed by atoms with van der Waals surface area (Å²) in [5.41, 5.74) is 3.33. The first-order valence-electron chi connectivity index (χ1n) is 10.5. The molecule has 0 aromatic heterocycles. The number of nitrogens with zero attached hydrogens (tertiary/aromatic N) is 2. The lowest BCUT2D eigenvalue weighted by atomic mass is 9.98. The lowest BCUT2D eigenvalue weighted by Crippen LogP contribution is -2.36. The third kappa shape index (κ3) is 6.41. The first-order chi connectivity index (χ1) is 14.0. The van der Waals surface area contributed by atoms with E-state index in [1.807, 2.05) is 45.4 Å². The normalized spacial score (nSPS) is 14.3. The van der Waals surface area contributed by atoms with Crippen LogP contribution in [-0.2, 0) is 13.1 Å². The van der Waals surface area contributed by atoms with Crippen LogP contribution in [0.3, 0.4) is 0 Å². The molecule has 0 unspecified atom stereocenters. The van der Waals surface area contributed by atoms with Gasteiger partial charge < -0.3 is 19.9 Å². The molecule has 0 atom stereocenters. The first-order valence-corrected chi connectivity index (χ1v) is 10.5. The molecule has 29 heavy (non-hydrogen) atoms. The maximum atomic E-state index is 12.4. The van der Waals surface area contributed by atoms with E-state index < -0.39 is 0 Å². The third-order valence-corrected chi connectivity index (χ3v) is 5.44. The fourth-order valence-corrected chi connectivity index (χ4v) is 3.62. The molecule has 1 aliphatic carbocycles. The van der Waals surface area contributed by atoms with Crippen molar-refractivity contribution in [3.8, 4) is 5.75 Å². The Morgan fingerprint density at radius 2 is 1.55 bits per heavy atom. The number of anilines is 1. The number of hydrogen-bond acceptors (Lipinski definition) is 3. The Bertz CT molecular complexity index is 766. The van der Waals surface area contributed by atoms with E-state index in [2.05, 4.69) is 34.5 Å². The van der Waals surface area contributed by atoms with Crippen molar-refractivity contribution in [2.24, 2.45) is 0 Å². The molecule has 2 amide bonds. The minimum atomic E-state index is -0.0794. The number of urea groups is 1. The average Bonchev–Trinajstić information content (AvgIpc) is 2.74. The van der Waals surface area contributed by atoms with Gasteiger partial charge in [-0.2, -0.15) is 0 Å². The van der Waals surface area contributed by atoms with Gasteiger partial charge >= 0.3 is 6.03 Å². The van der Waals surface area contributed by atoms with Gasteiger partial charge in [0.25, 0.3) is 0 Å². The van der Waals surface area contributed by atoms with Crippen molar-refractivity contribution in [1.29, 1.82) is 0 Å². The molecule has 0 saturated heterocycles. The smallest absolute Gasteiger partial charge is 0.317 e. The van der Waals surface area contributed by atoms with E-state index in [-0.39, 0.29) is 6.03 Å². The number of hydrogen-bond donors (Lipinski definition) is 1. The molecule has 2 aromatic rings. The summed E-state index contributed by atoms with van der Waals surface area (Å²) in [6.45, 7) is 1.08. The van der Waals surface area contributed by atoms with Crippen molar-refractivity contribution in [1.82, 2.24) is 10.2 Å². The van der Waals surface area contributed by atoms with E-state index >= 15 is 0 Å². The van der Waals surface area contributed by atoms with Gasteiger partial charge in [-0.25, -0.2) is 4.79 Å². The number of amides is 2. The molecule has 1 aliphatic rings. The lowest BCUT2D eigenvalue weighted by molar-refractivity contribution is 0.155. The summed E-state index contributed by atoms with van der Waals surface area (Å²) in [5.74, 6) is 0.922. The first kappa shape index (κ1) is 21.0. The largest absolute Gasteiger partial charge is 0.490 e. The van der Waals surface area contributed by atoms with E-state index in [4.69, 9.17) is 4.74 Å². The van der Waals surface area contributed by atoms with E-state index in [0.29, 0.717) is 19.2 Å². The topological polar surface area (TPSA) is 44.8 Å². The van der Waals surface area contributed by atoms with Gasteiger partial charge in [0, 0.05) is 39.9 Å². The lowest BCUT2D eigenvalue weighted by Gasteiger charge is -2.23. The molecule has 0 aliphatic heterocycles. The minimum absolute atomic E-state index is 0.0794.